The van der Waals surface area contributed by atoms with Crippen molar-refractivity contribution < 1.29 is 41.6 Å². The summed E-state index contributed by atoms with van der Waals surface area (Å²) in [5, 5.41) is 12.0. The van der Waals surface area contributed by atoms with E-state index in [0.717, 1.165) is 11.0 Å². The van der Waals surface area contributed by atoms with Gasteiger partial charge in [-0.15, -0.1) is 6.42 Å². The molecule has 1 atom stereocenters. The zero-order valence-electron chi connectivity index (χ0n) is 24.0. The smallest absolute Gasteiger partial charge is 0.311 e. The SMILES string of the molecule is C#CC[n+]1c2ccccc2c(C(=O)NCCCC(=O)Oc2c(F)c(F)c(F)c(P)c2F)c2ccccc21.Cc1ccc(O)cc1. The Morgan fingerprint density at radius 1 is 0.889 bits per heavy atom. The van der Waals surface area contributed by atoms with Crippen molar-refractivity contribution in [2.45, 2.75) is 26.3 Å². The van der Waals surface area contributed by atoms with Crippen molar-refractivity contribution in [2.75, 3.05) is 6.54 Å². The maximum absolute atomic E-state index is 14.1. The summed E-state index contributed by atoms with van der Waals surface area (Å²) in [6.45, 7) is 2.33. The third-order valence-electron chi connectivity index (χ3n) is 6.75. The molecule has 0 aliphatic heterocycles. The first-order valence-electron chi connectivity index (χ1n) is 13.7. The molecule has 230 valence electrons. The van der Waals surface area contributed by atoms with Crippen molar-refractivity contribution in [1.29, 1.82) is 0 Å². The summed E-state index contributed by atoms with van der Waals surface area (Å²) in [4.78, 5) is 25.3. The highest BCUT2D eigenvalue weighted by Gasteiger charge is 2.27. The quantitative estimate of drug-likeness (QED) is 0.0227. The molecule has 45 heavy (non-hydrogen) atoms. The number of nitrogens with one attached hydrogen (secondary N) is 1. The molecule has 0 spiro atoms. The number of aryl methyl sites for hydroxylation is 1. The summed E-state index contributed by atoms with van der Waals surface area (Å²) < 4.78 is 61.4. The maximum Gasteiger partial charge on any atom is 0.311 e. The lowest BCUT2D eigenvalue weighted by Crippen LogP contribution is -2.36. The highest BCUT2D eigenvalue weighted by Crippen LogP contribution is 2.27. The summed E-state index contributed by atoms with van der Waals surface area (Å²) in [5.41, 5.74) is 3.15. The molecule has 0 saturated heterocycles. The van der Waals surface area contributed by atoms with Gasteiger partial charge in [-0.05, 0) is 43.5 Å². The number of phenols is 1. The van der Waals surface area contributed by atoms with Crippen LogP contribution < -0.4 is 19.9 Å². The number of terminal acetylenes is 1. The van der Waals surface area contributed by atoms with Crippen LogP contribution in [0.5, 0.6) is 11.5 Å². The fourth-order valence-electron chi connectivity index (χ4n) is 4.57. The van der Waals surface area contributed by atoms with Gasteiger partial charge in [0.15, 0.2) is 17.5 Å². The Hall–Kier alpha value is -5.00. The predicted octanol–water partition coefficient (Wildman–Crippen LogP) is 5.79. The molecule has 0 saturated carbocycles. The van der Waals surface area contributed by atoms with E-state index in [0.29, 0.717) is 28.6 Å². The van der Waals surface area contributed by atoms with E-state index in [1.165, 1.54) is 5.56 Å². The normalized spacial score (nSPS) is 10.6. The van der Waals surface area contributed by atoms with Crippen molar-refractivity contribution in [1.82, 2.24) is 5.32 Å². The third-order valence-corrected chi connectivity index (χ3v) is 7.26. The summed E-state index contributed by atoms with van der Waals surface area (Å²) in [5.74, 6) is -6.97. The van der Waals surface area contributed by atoms with Crippen molar-refractivity contribution in [3.8, 4) is 23.8 Å². The zero-order chi connectivity index (χ0) is 32.7. The van der Waals surface area contributed by atoms with E-state index in [2.05, 4.69) is 16.0 Å². The number of aromatic hydroxyl groups is 1. The number of amides is 1. The second-order valence-electron chi connectivity index (χ2n) is 9.87. The van der Waals surface area contributed by atoms with Gasteiger partial charge in [-0.2, -0.15) is 8.96 Å². The highest BCUT2D eigenvalue weighted by atomic mass is 31.0. The molecule has 0 fully saturated rings. The third kappa shape index (κ3) is 7.39. The van der Waals surface area contributed by atoms with E-state index >= 15 is 0 Å². The van der Waals surface area contributed by atoms with Gasteiger partial charge >= 0.3 is 5.97 Å². The van der Waals surface area contributed by atoms with Gasteiger partial charge in [-0.3, -0.25) is 9.59 Å². The number of nitrogens with zero attached hydrogens (tertiary/aromatic N) is 1. The molecule has 0 aliphatic rings. The van der Waals surface area contributed by atoms with Crippen LogP contribution in [0.2, 0.25) is 0 Å². The van der Waals surface area contributed by atoms with Crippen LogP contribution in [0.3, 0.4) is 0 Å². The highest BCUT2D eigenvalue weighted by molar-refractivity contribution is 7.27. The number of hydrogen-bond donors (Lipinski definition) is 2. The van der Waals surface area contributed by atoms with E-state index < -0.39 is 40.3 Å². The number of phenolic OH excluding ortho intramolecular Hbond substituents is 1. The number of pyridine rings is 1. The molecule has 1 aromatic heterocycles. The fourth-order valence-corrected chi connectivity index (χ4v) is 4.83. The predicted molar refractivity (Wildman–Crippen MR) is 166 cm³/mol. The molecule has 6 nitrogen and oxygen atoms in total. The minimum absolute atomic E-state index is 0.0352. The molecule has 0 aliphatic carbocycles. The molecule has 5 aromatic rings. The van der Waals surface area contributed by atoms with Crippen LogP contribution in [0, 0.1) is 42.5 Å². The topological polar surface area (TPSA) is 79.5 Å². The molecule has 1 unspecified atom stereocenters. The lowest BCUT2D eigenvalue weighted by molar-refractivity contribution is -0.632. The van der Waals surface area contributed by atoms with Crippen molar-refractivity contribution in [3.63, 3.8) is 0 Å². The number of benzene rings is 4. The number of hydrogen-bond acceptors (Lipinski definition) is 4. The van der Waals surface area contributed by atoms with Gasteiger partial charge in [0.05, 0.1) is 16.3 Å². The van der Waals surface area contributed by atoms with Crippen LogP contribution in [0.15, 0.2) is 72.8 Å². The Labute approximate surface area is 258 Å². The van der Waals surface area contributed by atoms with Crippen LogP contribution in [0.1, 0.15) is 28.8 Å². The van der Waals surface area contributed by atoms with Gasteiger partial charge < -0.3 is 15.2 Å². The Morgan fingerprint density at radius 3 is 2.02 bits per heavy atom. The molecule has 1 amide bonds. The Kier molecular flexibility index (Phi) is 10.7. The number of carbonyl (C=O) groups excluding carboxylic acids is 2. The number of aromatic nitrogens is 1. The van der Waals surface area contributed by atoms with Gasteiger partial charge in [-0.25, -0.2) is 13.2 Å². The number of ether oxygens (including phenoxy) is 1. The Morgan fingerprint density at radius 2 is 1.47 bits per heavy atom. The molecule has 2 N–H and O–H groups in total. The lowest BCUT2D eigenvalue weighted by Gasteiger charge is -2.12. The molecule has 0 bridgehead atoms. The largest absolute Gasteiger partial charge is 0.508 e. The molecule has 5 rings (SSSR count). The number of esters is 1. The fraction of sp³-hybridized carbons (Fsp3) is 0.147. The van der Waals surface area contributed by atoms with Crippen molar-refractivity contribution >= 4 is 48.2 Å². The van der Waals surface area contributed by atoms with Crippen LogP contribution in [0.25, 0.3) is 21.8 Å². The van der Waals surface area contributed by atoms with E-state index in [9.17, 15) is 27.2 Å². The summed E-state index contributed by atoms with van der Waals surface area (Å²) in [6.07, 6.45) is 5.28. The minimum atomic E-state index is -1.95. The van der Waals surface area contributed by atoms with E-state index in [-0.39, 0.29) is 25.3 Å². The van der Waals surface area contributed by atoms with Gasteiger partial charge in [0.25, 0.3) is 5.91 Å². The summed E-state index contributed by atoms with van der Waals surface area (Å²) in [7, 11) is 1.58. The minimum Gasteiger partial charge on any atom is -0.508 e. The second kappa shape index (κ2) is 14.7. The van der Waals surface area contributed by atoms with Crippen LogP contribution in [-0.4, -0.2) is 23.5 Å². The van der Waals surface area contributed by atoms with E-state index in [4.69, 9.17) is 11.5 Å². The molecule has 1 heterocycles. The Balaban J connectivity index is 0.000000501. The van der Waals surface area contributed by atoms with E-state index in [1.807, 2.05) is 60.0 Å². The summed E-state index contributed by atoms with van der Waals surface area (Å²) in [6, 6.07) is 21.7. The van der Waals surface area contributed by atoms with Gasteiger partial charge in [0.1, 0.15) is 5.75 Å². The number of halogens is 4. The Bertz CT molecular complexity index is 1840. The number of para-hydroxylation sites is 2. The van der Waals surface area contributed by atoms with Gasteiger partial charge in [-0.1, -0.05) is 51.2 Å². The van der Waals surface area contributed by atoms with Crippen molar-refractivity contribution in [3.05, 3.63) is 107 Å². The first-order valence-corrected chi connectivity index (χ1v) is 14.3. The molecule has 0 radical (unpaired) electrons. The standard InChI is InChI=1S/C27H19F4N2O3P.C7H8O/c1-2-14-33-17-10-5-3-8-15(17)20(16-9-4-6-11-18(16)33)27(35)32-13-7-12-19(34)36-25-22(29)21(28)23(30)26(37)24(25)31;1-6-2-4-7(8)5-3-6/h1,3-6,8-11H,7,12-14,37H2;2-5,8H,1H3/p+1. The molecule has 4 aromatic carbocycles. The number of fused-ring (bicyclic) bond motifs is 2. The van der Waals surface area contributed by atoms with E-state index in [1.54, 1.807) is 33.5 Å². The number of rotatable bonds is 7. The van der Waals surface area contributed by atoms with Crippen molar-refractivity contribution in [2.24, 2.45) is 0 Å². The van der Waals surface area contributed by atoms with Crippen LogP contribution in [0.4, 0.5) is 17.6 Å². The molecular formula is C34H28F4N2O4P+. The van der Waals surface area contributed by atoms with Crippen LogP contribution >= 0.6 is 9.24 Å². The lowest BCUT2D eigenvalue weighted by atomic mass is 10.0. The van der Waals surface area contributed by atoms with Gasteiger partial charge in [0.2, 0.25) is 29.1 Å². The first kappa shape index (κ1) is 32.9. The second-order valence-corrected chi connectivity index (χ2v) is 10.4. The van der Waals surface area contributed by atoms with Gasteiger partial charge in [0, 0.05) is 30.4 Å². The maximum atomic E-state index is 14.1. The first-order chi connectivity index (χ1) is 21.5. The zero-order valence-corrected chi connectivity index (χ0v) is 25.2. The molecular weight excluding hydrogens is 607 g/mol. The number of carbonyl (C=O) groups is 2. The average Bonchev–Trinajstić information content (AvgIpc) is 3.05. The monoisotopic (exact) mass is 635 g/mol. The van der Waals surface area contributed by atoms with Crippen LogP contribution in [-0.2, 0) is 11.3 Å². The average molecular weight is 636 g/mol. The molecule has 11 heteroatoms. The summed E-state index contributed by atoms with van der Waals surface area (Å²) >= 11 is 0.